The molecular weight excluding hydrogens is 230 g/mol. The summed E-state index contributed by atoms with van der Waals surface area (Å²) >= 11 is 0. The zero-order chi connectivity index (χ0) is 13.0. The third kappa shape index (κ3) is 2.76. The quantitative estimate of drug-likeness (QED) is 0.769. The normalized spacial score (nSPS) is 19.2. The molecule has 1 aromatic heterocycles. The number of nitrogens with zero attached hydrogens (tertiary/aromatic N) is 3. The number of primary amides is 1. The molecule has 0 aliphatic carbocycles. The molecule has 1 fully saturated rings. The van der Waals surface area contributed by atoms with Crippen molar-refractivity contribution in [3.8, 4) is 0 Å². The fourth-order valence-electron chi connectivity index (χ4n) is 2.16. The van der Waals surface area contributed by atoms with Crippen molar-refractivity contribution in [1.29, 1.82) is 0 Å². The molecule has 6 heteroatoms. The summed E-state index contributed by atoms with van der Waals surface area (Å²) in [6.45, 7) is 4.52. The molecule has 0 aromatic carbocycles. The Bertz CT molecular complexity index is 405. The van der Waals surface area contributed by atoms with Crippen molar-refractivity contribution < 1.29 is 4.79 Å². The predicted molar refractivity (Wildman–Crippen MR) is 69.0 cm³/mol. The zero-order valence-electron chi connectivity index (χ0n) is 10.6. The Morgan fingerprint density at radius 3 is 2.89 bits per heavy atom. The van der Waals surface area contributed by atoms with Gasteiger partial charge in [-0.05, 0) is 19.4 Å². The molecule has 1 aliphatic rings. The molecule has 2 heterocycles. The van der Waals surface area contributed by atoms with Crippen LogP contribution < -0.4 is 16.0 Å². The number of anilines is 1. The number of carbonyl (C=O) groups is 1. The molecular formula is C12H19N5O. The van der Waals surface area contributed by atoms with Crippen molar-refractivity contribution >= 4 is 11.9 Å². The SMILES string of the molecule is CCNCc1cnc(N2CCCC2C(N)=O)nc1. The summed E-state index contributed by atoms with van der Waals surface area (Å²) in [6.07, 6.45) is 5.33. The van der Waals surface area contributed by atoms with Gasteiger partial charge in [-0.15, -0.1) is 0 Å². The van der Waals surface area contributed by atoms with Crippen LogP contribution in [-0.4, -0.2) is 35.0 Å². The molecule has 1 saturated heterocycles. The van der Waals surface area contributed by atoms with Gasteiger partial charge in [0.05, 0.1) is 0 Å². The van der Waals surface area contributed by atoms with Crippen molar-refractivity contribution in [3.05, 3.63) is 18.0 Å². The van der Waals surface area contributed by atoms with Crippen LogP contribution in [0.2, 0.25) is 0 Å². The number of nitrogens with one attached hydrogen (secondary N) is 1. The standard InChI is InChI=1S/C12H19N5O/c1-2-14-6-9-7-15-12(16-8-9)17-5-3-4-10(17)11(13)18/h7-8,10,14H,2-6H2,1H3,(H2,13,18). The topological polar surface area (TPSA) is 84.1 Å². The highest BCUT2D eigenvalue weighted by atomic mass is 16.1. The fourth-order valence-corrected chi connectivity index (χ4v) is 2.16. The number of hydrogen-bond acceptors (Lipinski definition) is 5. The van der Waals surface area contributed by atoms with Crippen LogP contribution in [-0.2, 0) is 11.3 Å². The average Bonchev–Trinajstić information content (AvgIpc) is 2.86. The van der Waals surface area contributed by atoms with Gasteiger partial charge in [-0.3, -0.25) is 4.79 Å². The van der Waals surface area contributed by atoms with Crippen LogP contribution in [0.15, 0.2) is 12.4 Å². The molecule has 1 aliphatic heterocycles. The first-order valence-electron chi connectivity index (χ1n) is 6.30. The molecule has 6 nitrogen and oxygen atoms in total. The van der Waals surface area contributed by atoms with E-state index in [1.165, 1.54) is 0 Å². The van der Waals surface area contributed by atoms with Crippen LogP contribution in [0.5, 0.6) is 0 Å². The minimum atomic E-state index is -0.298. The van der Waals surface area contributed by atoms with Gasteiger partial charge in [0.15, 0.2) is 0 Å². The van der Waals surface area contributed by atoms with E-state index in [1.807, 2.05) is 4.90 Å². The van der Waals surface area contributed by atoms with Crippen LogP contribution in [0.25, 0.3) is 0 Å². The lowest BCUT2D eigenvalue weighted by molar-refractivity contribution is -0.119. The van der Waals surface area contributed by atoms with E-state index in [9.17, 15) is 4.79 Å². The van der Waals surface area contributed by atoms with E-state index in [-0.39, 0.29) is 11.9 Å². The highest BCUT2D eigenvalue weighted by Gasteiger charge is 2.30. The number of amides is 1. The van der Waals surface area contributed by atoms with Crippen molar-refractivity contribution in [2.45, 2.75) is 32.4 Å². The molecule has 0 saturated carbocycles. The first kappa shape index (κ1) is 12.8. The minimum absolute atomic E-state index is 0.260. The monoisotopic (exact) mass is 249 g/mol. The minimum Gasteiger partial charge on any atom is -0.368 e. The summed E-state index contributed by atoms with van der Waals surface area (Å²) in [5.41, 5.74) is 6.41. The van der Waals surface area contributed by atoms with Gasteiger partial charge in [-0.2, -0.15) is 0 Å². The van der Waals surface area contributed by atoms with Crippen LogP contribution >= 0.6 is 0 Å². The number of aromatic nitrogens is 2. The van der Waals surface area contributed by atoms with Crippen LogP contribution in [0.4, 0.5) is 5.95 Å². The average molecular weight is 249 g/mol. The first-order valence-corrected chi connectivity index (χ1v) is 6.30. The molecule has 1 unspecified atom stereocenters. The summed E-state index contributed by atoms with van der Waals surface area (Å²) < 4.78 is 0. The van der Waals surface area contributed by atoms with Gasteiger partial charge in [0.25, 0.3) is 0 Å². The summed E-state index contributed by atoms with van der Waals surface area (Å²) in [4.78, 5) is 21.8. The van der Waals surface area contributed by atoms with Gasteiger partial charge in [0.2, 0.25) is 11.9 Å². The molecule has 1 atom stereocenters. The summed E-state index contributed by atoms with van der Waals surface area (Å²) in [5.74, 6) is 0.296. The lowest BCUT2D eigenvalue weighted by Gasteiger charge is -2.21. The number of rotatable bonds is 5. The zero-order valence-corrected chi connectivity index (χ0v) is 10.6. The maximum Gasteiger partial charge on any atom is 0.240 e. The van der Waals surface area contributed by atoms with Gasteiger partial charge >= 0.3 is 0 Å². The maximum atomic E-state index is 11.3. The van der Waals surface area contributed by atoms with E-state index in [1.54, 1.807) is 12.4 Å². The van der Waals surface area contributed by atoms with Crippen molar-refractivity contribution in [2.24, 2.45) is 5.73 Å². The second-order valence-corrected chi connectivity index (χ2v) is 4.43. The number of hydrogen-bond donors (Lipinski definition) is 2. The Morgan fingerprint density at radius 1 is 1.56 bits per heavy atom. The largest absolute Gasteiger partial charge is 0.368 e. The lowest BCUT2D eigenvalue weighted by Crippen LogP contribution is -2.41. The number of carbonyl (C=O) groups excluding carboxylic acids is 1. The van der Waals surface area contributed by atoms with Crippen molar-refractivity contribution in [1.82, 2.24) is 15.3 Å². The third-order valence-corrected chi connectivity index (χ3v) is 3.11. The summed E-state index contributed by atoms with van der Waals surface area (Å²) in [6, 6.07) is -0.260. The second kappa shape index (κ2) is 5.77. The van der Waals surface area contributed by atoms with Gasteiger partial charge in [-0.25, -0.2) is 9.97 Å². The summed E-state index contributed by atoms with van der Waals surface area (Å²) in [5, 5.41) is 3.21. The van der Waals surface area contributed by atoms with E-state index in [0.717, 1.165) is 38.0 Å². The van der Waals surface area contributed by atoms with Crippen molar-refractivity contribution in [3.63, 3.8) is 0 Å². The molecule has 18 heavy (non-hydrogen) atoms. The fraction of sp³-hybridized carbons (Fsp3) is 0.583. The number of nitrogens with two attached hydrogens (primary N) is 1. The molecule has 0 bridgehead atoms. The van der Waals surface area contributed by atoms with E-state index in [4.69, 9.17) is 5.73 Å². The van der Waals surface area contributed by atoms with Gasteiger partial charge in [0, 0.05) is 31.0 Å². The van der Waals surface area contributed by atoms with Crippen molar-refractivity contribution in [2.75, 3.05) is 18.0 Å². The molecule has 2 rings (SSSR count). The highest BCUT2D eigenvalue weighted by molar-refractivity contribution is 5.83. The van der Waals surface area contributed by atoms with Gasteiger partial charge in [-0.1, -0.05) is 6.92 Å². The Kier molecular flexibility index (Phi) is 4.09. The highest BCUT2D eigenvalue weighted by Crippen LogP contribution is 2.21. The summed E-state index contributed by atoms with van der Waals surface area (Å²) in [7, 11) is 0. The lowest BCUT2D eigenvalue weighted by atomic mass is 10.2. The Hall–Kier alpha value is -1.69. The maximum absolute atomic E-state index is 11.3. The van der Waals surface area contributed by atoms with E-state index in [0.29, 0.717) is 5.95 Å². The molecule has 0 radical (unpaired) electrons. The first-order chi connectivity index (χ1) is 8.72. The molecule has 3 N–H and O–H groups in total. The van der Waals surface area contributed by atoms with E-state index >= 15 is 0 Å². The van der Waals surface area contributed by atoms with Gasteiger partial charge < -0.3 is 16.0 Å². The van der Waals surface area contributed by atoms with Crippen LogP contribution in [0, 0.1) is 0 Å². The molecule has 1 amide bonds. The van der Waals surface area contributed by atoms with Crippen LogP contribution in [0.1, 0.15) is 25.3 Å². The molecule has 98 valence electrons. The Labute approximate surface area is 107 Å². The molecule has 1 aromatic rings. The predicted octanol–water partition coefficient (Wildman–Crippen LogP) is 0.0402. The van der Waals surface area contributed by atoms with E-state index < -0.39 is 0 Å². The second-order valence-electron chi connectivity index (χ2n) is 4.43. The molecule has 0 spiro atoms. The Morgan fingerprint density at radius 2 is 2.28 bits per heavy atom. The van der Waals surface area contributed by atoms with Crippen LogP contribution in [0.3, 0.4) is 0 Å². The third-order valence-electron chi connectivity index (χ3n) is 3.11. The Balaban J connectivity index is 2.06. The van der Waals surface area contributed by atoms with E-state index in [2.05, 4.69) is 22.2 Å². The smallest absolute Gasteiger partial charge is 0.240 e. The van der Waals surface area contributed by atoms with Gasteiger partial charge in [0.1, 0.15) is 6.04 Å².